The second kappa shape index (κ2) is 31.7. The number of hydrogen-bond donors (Lipinski definition) is 7. The molecule has 22 nitrogen and oxygen atoms in total. The number of thioether (sulfide) groups is 2. The number of rotatable bonds is 27. The number of imide groups is 2. The summed E-state index contributed by atoms with van der Waals surface area (Å²) in [6.45, 7) is 7.07. The number of ether oxygens (including phenoxy) is 2. The normalized spacial score (nSPS) is 16.1. The number of unbranched alkanes of at least 4 members (excludes halogenated alkanes) is 2. The van der Waals surface area contributed by atoms with Gasteiger partial charge in [-0.05, 0) is 45.6 Å². The second-order valence-corrected chi connectivity index (χ2v) is 15.8. The van der Waals surface area contributed by atoms with Gasteiger partial charge in [-0.3, -0.25) is 53.0 Å². The molecule has 0 bridgehead atoms. The van der Waals surface area contributed by atoms with Crippen LogP contribution in [0.1, 0.15) is 78.6 Å². The Hall–Kier alpha value is -5.13. The van der Waals surface area contributed by atoms with Gasteiger partial charge >= 0.3 is 12.2 Å². The molecule has 2 unspecified atom stereocenters. The van der Waals surface area contributed by atoms with Crippen molar-refractivity contribution in [2.24, 2.45) is 0 Å². The van der Waals surface area contributed by atoms with Crippen LogP contribution in [-0.2, 0) is 52.6 Å². The van der Waals surface area contributed by atoms with Crippen molar-refractivity contribution in [2.45, 2.75) is 95.1 Å². The molecule has 2 atom stereocenters. The van der Waals surface area contributed by atoms with E-state index in [4.69, 9.17) is 9.47 Å². The lowest BCUT2D eigenvalue weighted by atomic mass is 10.1. The molecule has 7 N–H and O–H groups in total. The molecule has 2 saturated heterocycles. The molecular formula is C38H63N9O13S2. The van der Waals surface area contributed by atoms with Gasteiger partial charge in [0.05, 0.1) is 23.7 Å². The van der Waals surface area contributed by atoms with Crippen LogP contribution >= 0.6 is 23.5 Å². The Labute approximate surface area is 370 Å². The van der Waals surface area contributed by atoms with Gasteiger partial charge in [-0.1, -0.05) is 0 Å². The average Bonchev–Trinajstić information content (AvgIpc) is 3.66. The van der Waals surface area contributed by atoms with E-state index < -0.39 is 34.3 Å². The van der Waals surface area contributed by atoms with Crippen molar-refractivity contribution >= 4 is 88.9 Å². The molecule has 0 saturated carbocycles. The summed E-state index contributed by atoms with van der Waals surface area (Å²) in [6.07, 6.45) is 5.13. The molecule has 62 heavy (non-hydrogen) atoms. The van der Waals surface area contributed by atoms with Crippen LogP contribution in [-0.4, -0.2) is 170 Å². The smallest absolute Gasteiger partial charge is 0.407 e. The van der Waals surface area contributed by atoms with Crippen molar-refractivity contribution in [3.63, 3.8) is 0 Å². The lowest BCUT2D eigenvalue weighted by molar-refractivity contribution is -0.140. The third-order valence-corrected chi connectivity index (χ3v) is 10.7. The topological polar surface area (TPSA) is 297 Å². The SMILES string of the molecule is CCOC(=O)NCCCCCNC(=O)OCC.CSC1CC(=O)N(CCC(=O)NCCNC(=O)CC(CC(=O)NCCNC(=O)CCN2C(=O)CC(SC)C2=O)NC(C)=O)C1=O. The predicted molar refractivity (Wildman–Crippen MR) is 229 cm³/mol. The molecule has 2 heterocycles. The van der Waals surface area contributed by atoms with Crippen molar-refractivity contribution in [1.29, 1.82) is 0 Å². The first-order valence-electron chi connectivity index (χ1n) is 20.5. The van der Waals surface area contributed by atoms with Gasteiger partial charge in [0, 0.05) is 104 Å². The number of nitrogens with one attached hydrogen (secondary N) is 7. The van der Waals surface area contributed by atoms with Gasteiger partial charge < -0.3 is 46.7 Å². The summed E-state index contributed by atoms with van der Waals surface area (Å²) in [5.74, 6) is -3.33. The van der Waals surface area contributed by atoms with Crippen LogP contribution in [0.25, 0.3) is 0 Å². The number of likely N-dealkylation sites (tertiary alicyclic amines) is 2. The summed E-state index contributed by atoms with van der Waals surface area (Å²) in [6, 6.07) is -0.798. The van der Waals surface area contributed by atoms with E-state index in [1.54, 1.807) is 26.4 Å². The van der Waals surface area contributed by atoms with Crippen LogP contribution < -0.4 is 37.2 Å². The zero-order chi connectivity index (χ0) is 46.5. The Kier molecular flexibility index (Phi) is 28.0. The van der Waals surface area contributed by atoms with Crippen molar-refractivity contribution < 1.29 is 62.2 Å². The average molecular weight is 918 g/mol. The highest BCUT2D eigenvalue weighted by molar-refractivity contribution is 8.00. The van der Waals surface area contributed by atoms with Crippen LogP contribution in [0.4, 0.5) is 9.59 Å². The van der Waals surface area contributed by atoms with E-state index in [9.17, 15) is 52.7 Å². The Bertz CT molecular complexity index is 1450. The first-order chi connectivity index (χ1) is 29.6. The minimum absolute atomic E-state index is 0.0122. The minimum atomic E-state index is -0.798. The molecule has 0 radical (unpaired) electrons. The number of carbonyl (C=O) groups excluding carboxylic acids is 11. The van der Waals surface area contributed by atoms with E-state index in [1.807, 2.05) is 0 Å². The van der Waals surface area contributed by atoms with E-state index in [0.717, 1.165) is 29.1 Å². The first kappa shape index (κ1) is 54.9. The van der Waals surface area contributed by atoms with Crippen molar-refractivity contribution in [3.05, 3.63) is 0 Å². The van der Waals surface area contributed by atoms with E-state index in [1.165, 1.54) is 30.4 Å². The third kappa shape index (κ3) is 23.2. The lowest BCUT2D eigenvalue weighted by Gasteiger charge is -2.18. The molecular weight excluding hydrogens is 855 g/mol. The lowest BCUT2D eigenvalue weighted by Crippen LogP contribution is -2.43. The molecule has 0 aliphatic carbocycles. The number of nitrogens with zero attached hydrogens (tertiary/aromatic N) is 2. The van der Waals surface area contributed by atoms with E-state index in [0.29, 0.717) is 26.3 Å². The Morgan fingerprint density at radius 2 is 0.952 bits per heavy atom. The standard InChI is InChI=1S/C27H41N7O9S2.C11H22N2O4/c1-16(35)32-17(12-22(38)30-8-6-28-20(36)4-10-33-24(40)14-18(44-2)26(33)42)13-23(39)31-9-7-29-21(37)5-11-34-25(41)15-19(45-3)27(34)43;1-3-16-10(14)12-8-6-5-7-9-13-11(15)17-4-2/h17-19H,4-15H2,1-3H3,(H,28,36)(H,29,37)(H,30,38)(H,31,39)(H,32,35);3-9H2,1-2H3,(H,12,14)(H,13,15). The molecule has 0 spiro atoms. The Morgan fingerprint density at radius 3 is 1.27 bits per heavy atom. The maximum Gasteiger partial charge on any atom is 0.407 e. The predicted octanol–water partition coefficient (Wildman–Crippen LogP) is -0.854. The summed E-state index contributed by atoms with van der Waals surface area (Å²) in [5.41, 5.74) is 0. The third-order valence-electron chi connectivity index (χ3n) is 8.85. The van der Waals surface area contributed by atoms with E-state index >= 15 is 0 Å². The number of alkyl carbamates (subject to hydrolysis) is 2. The van der Waals surface area contributed by atoms with Crippen LogP contribution in [0.5, 0.6) is 0 Å². The molecule has 350 valence electrons. The number of amides is 11. The number of carbonyl (C=O) groups is 11. The Morgan fingerprint density at radius 1 is 0.581 bits per heavy atom. The van der Waals surface area contributed by atoms with Crippen molar-refractivity contribution in [1.82, 2.24) is 47.0 Å². The highest BCUT2D eigenvalue weighted by Crippen LogP contribution is 2.24. The van der Waals surface area contributed by atoms with Crippen LogP contribution in [0.15, 0.2) is 0 Å². The molecule has 2 rings (SSSR count). The minimum Gasteiger partial charge on any atom is -0.450 e. The molecule has 0 aromatic heterocycles. The fourth-order valence-electron chi connectivity index (χ4n) is 5.78. The van der Waals surface area contributed by atoms with Gasteiger partial charge in [-0.25, -0.2) is 9.59 Å². The second-order valence-electron chi connectivity index (χ2n) is 13.7. The van der Waals surface area contributed by atoms with Gasteiger partial charge in [0.1, 0.15) is 0 Å². The van der Waals surface area contributed by atoms with Crippen molar-refractivity contribution in [2.75, 3.05) is 78.1 Å². The summed E-state index contributed by atoms with van der Waals surface area (Å²) in [7, 11) is 0. The zero-order valence-electron chi connectivity index (χ0n) is 36.2. The van der Waals surface area contributed by atoms with Crippen LogP contribution in [0.2, 0.25) is 0 Å². The monoisotopic (exact) mass is 917 g/mol. The zero-order valence-corrected chi connectivity index (χ0v) is 37.8. The van der Waals surface area contributed by atoms with Gasteiger partial charge in [-0.2, -0.15) is 23.5 Å². The summed E-state index contributed by atoms with van der Waals surface area (Å²) >= 11 is 2.59. The van der Waals surface area contributed by atoms with E-state index in [2.05, 4.69) is 37.2 Å². The van der Waals surface area contributed by atoms with Crippen LogP contribution in [0, 0.1) is 0 Å². The number of hydrogen-bond acceptors (Lipinski definition) is 15. The quantitative estimate of drug-likeness (QED) is 0.0390. The summed E-state index contributed by atoms with van der Waals surface area (Å²) in [4.78, 5) is 133. The molecule has 2 fully saturated rings. The molecule has 0 aromatic carbocycles. The highest BCUT2D eigenvalue weighted by atomic mass is 32.2. The van der Waals surface area contributed by atoms with Gasteiger partial charge in [0.2, 0.25) is 53.2 Å². The largest absolute Gasteiger partial charge is 0.450 e. The fraction of sp³-hybridized carbons (Fsp3) is 0.711. The Balaban J connectivity index is 0.000000949. The molecule has 2 aliphatic rings. The van der Waals surface area contributed by atoms with Gasteiger partial charge in [0.15, 0.2) is 0 Å². The maximum atomic E-state index is 12.4. The summed E-state index contributed by atoms with van der Waals surface area (Å²) in [5, 5.41) is 17.4. The van der Waals surface area contributed by atoms with Crippen molar-refractivity contribution in [3.8, 4) is 0 Å². The maximum absolute atomic E-state index is 12.4. The van der Waals surface area contributed by atoms with Gasteiger partial charge in [0.25, 0.3) is 0 Å². The molecule has 0 aromatic rings. The fourth-order valence-corrected chi connectivity index (χ4v) is 7.06. The highest BCUT2D eigenvalue weighted by Gasteiger charge is 2.38. The molecule has 11 amide bonds. The first-order valence-corrected chi connectivity index (χ1v) is 23.0. The van der Waals surface area contributed by atoms with E-state index in [-0.39, 0.29) is 125 Å². The molecule has 2 aliphatic heterocycles. The summed E-state index contributed by atoms with van der Waals surface area (Å²) < 4.78 is 9.41. The molecule has 24 heteroatoms. The van der Waals surface area contributed by atoms with Gasteiger partial charge in [-0.15, -0.1) is 0 Å². The van der Waals surface area contributed by atoms with Crippen LogP contribution in [0.3, 0.4) is 0 Å².